The molecule has 1 aromatic heterocycles. The van der Waals surface area contributed by atoms with E-state index in [1.54, 1.807) is 6.07 Å². The Balaban J connectivity index is 1.71. The molecule has 9 heteroatoms. The van der Waals surface area contributed by atoms with Crippen LogP contribution in [0.4, 0.5) is 5.95 Å². The van der Waals surface area contributed by atoms with Crippen LogP contribution in [0.25, 0.3) is 0 Å². The lowest BCUT2D eigenvalue weighted by molar-refractivity contribution is 0.0515. The third-order valence-electron chi connectivity index (χ3n) is 4.80. The van der Waals surface area contributed by atoms with Gasteiger partial charge in [0, 0.05) is 30.2 Å². The number of ether oxygens (including phenoxy) is 3. The molecular formula is C19H23ClN4O3S. The third-order valence-corrected chi connectivity index (χ3v) is 5.28. The van der Waals surface area contributed by atoms with E-state index in [0.717, 1.165) is 17.9 Å². The minimum atomic E-state index is -0.109. The van der Waals surface area contributed by atoms with Gasteiger partial charge in [-0.1, -0.05) is 23.7 Å². The van der Waals surface area contributed by atoms with E-state index in [4.69, 9.17) is 38.0 Å². The third kappa shape index (κ3) is 5.01. The summed E-state index contributed by atoms with van der Waals surface area (Å²) in [6, 6.07) is 9.57. The highest BCUT2D eigenvalue weighted by atomic mass is 35.5. The van der Waals surface area contributed by atoms with Gasteiger partial charge < -0.3 is 24.8 Å². The number of hydrogen-bond acceptors (Lipinski definition) is 6. The summed E-state index contributed by atoms with van der Waals surface area (Å²) in [7, 11) is 3.06. The zero-order valence-corrected chi connectivity index (χ0v) is 17.4. The van der Waals surface area contributed by atoms with Crippen molar-refractivity contribution in [3.63, 3.8) is 0 Å². The molecule has 7 nitrogen and oxygen atoms in total. The molecule has 2 N–H and O–H groups in total. The second kappa shape index (κ2) is 9.36. The summed E-state index contributed by atoms with van der Waals surface area (Å²) in [5.41, 5.74) is 1.07. The molecule has 0 aliphatic carbocycles. The average molecular weight is 423 g/mol. The summed E-state index contributed by atoms with van der Waals surface area (Å²) in [5.74, 6) is 1.08. The van der Waals surface area contributed by atoms with E-state index in [2.05, 4.69) is 26.7 Å². The molecular weight excluding hydrogens is 400 g/mol. The second-order valence-electron chi connectivity index (χ2n) is 6.49. The van der Waals surface area contributed by atoms with E-state index < -0.39 is 0 Å². The first kappa shape index (κ1) is 20.6. The Kier molecular flexibility index (Phi) is 6.88. The summed E-state index contributed by atoms with van der Waals surface area (Å²) in [5, 5.41) is 7.43. The number of thiocarbonyl (C=S) groups is 1. The van der Waals surface area contributed by atoms with Crippen molar-refractivity contribution in [2.75, 3.05) is 39.3 Å². The number of anilines is 1. The first-order chi connectivity index (χ1) is 13.5. The predicted octanol–water partition coefficient (Wildman–Crippen LogP) is 3.18. The minimum Gasteiger partial charge on any atom is -0.481 e. The molecule has 0 amide bonds. The van der Waals surface area contributed by atoms with Crippen LogP contribution in [0.3, 0.4) is 0 Å². The van der Waals surface area contributed by atoms with Crippen LogP contribution in [0.1, 0.15) is 18.4 Å². The molecule has 2 heterocycles. The molecule has 0 atom stereocenters. The van der Waals surface area contributed by atoms with E-state index in [1.807, 2.05) is 18.2 Å². The molecule has 1 aromatic carbocycles. The van der Waals surface area contributed by atoms with Crippen molar-refractivity contribution < 1.29 is 14.2 Å². The van der Waals surface area contributed by atoms with Crippen LogP contribution in [-0.4, -0.2) is 49.1 Å². The van der Waals surface area contributed by atoms with Crippen LogP contribution in [0, 0.1) is 0 Å². The van der Waals surface area contributed by atoms with Gasteiger partial charge in [0.1, 0.15) is 0 Å². The van der Waals surface area contributed by atoms with Gasteiger partial charge in [0.05, 0.1) is 20.3 Å². The molecule has 0 bridgehead atoms. The number of aromatic nitrogens is 2. The highest BCUT2D eigenvalue weighted by Crippen LogP contribution is 2.35. The fraction of sp³-hybridized carbons (Fsp3) is 0.421. The fourth-order valence-electron chi connectivity index (χ4n) is 3.21. The first-order valence-electron chi connectivity index (χ1n) is 8.90. The molecule has 0 spiro atoms. The van der Waals surface area contributed by atoms with Crippen LogP contribution in [-0.2, 0) is 10.2 Å². The van der Waals surface area contributed by atoms with E-state index in [9.17, 15) is 0 Å². The van der Waals surface area contributed by atoms with Crippen molar-refractivity contribution in [1.82, 2.24) is 15.3 Å². The Hall–Kier alpha value is -2.16. The van der Waals surface area contributed by atoms with Crippen LogP contribution >= 0.6 is 23.8 Å². The molecule has 1 fully saturated rings. The fourth-order valence-corrected chi connectivity index (χ4v) is 3.57. The maximum Gasteiger partial charge on any atom is 0.235 e. The lowest BCUT2D eigenvalue weighted by Gasteiger charge is -2.38. The van der Waals surface area contributed by atoms with Crippen molar-refractivity contribution in [1.29, 1.82) is 0 Å². The Bertz CT molecular complexity index is 808. The molecule has 0 unspecified atom stereocenters. The van der Waals surface area contributed by atoms with Gasteiger partial charge in [-0.3, -0.25) is 0 Å². The summed E-state index contributed by atoms with van der Waals surface area (Å²) in [6.45, 7) is 2.04. The molecule has 28 heavy (non-hydrogen) atoms. The Morgan fingerprint density at radius 3 is 2.46 bits per heavy atom. The lowest BCUT2D eigenvalue weighted by Crippen LogP contribution is -2.45. The standard InChI is InChI=1S/C19H23ClN4O3S/c1-25-15-11-16(26-2)23-17(22-15)24-18(28)21-12-19(6-8-27-9-7-19)13-4-3-5-14(20)10-13/h3-5,10-11H,6-9,12H2,1-2H3,(H2,21,22,23,24,28). The zero-order valence-electron chi connectivity index (χ0n) is 15.8. The number of nitrogens with one attached hydrogen (secondary N) is 2. The number of halogens is 1. The number of rotatable bonds is 6. The van der Waals surface area contributed by atoms with Crippen LogP contribution in [0.15, 0.2) is 30.3 Å². The van der Waals surface area contributed by atoms with E-state index in [0.29, 0.717) is 42.6 Å². The van der Waals surface area contributed by atoms with Crippen molar-refractivity contribution in [2.24, 2.45) is 0 Å². The number of hydrogen-bond donors (Lipinski definition) is 2. The van der Waals surface area contributed by atoms with Gasteiger partial charge in [-0.2, -0.15) is 9.97 Å². The minimum absolute atomic E-state index is 0.109. The van der Waals surface area contributed by atoms with E-state index in [1.165, 1.54) is 19.8 Å². The van der Waals surface area contributed by atoms with Gasteiger partial charge in [-0.05, 0) is 42.8 Å². The van der Waals surface area contributed by atoms with Crippen LogP contribution in [0.5, 0.6) is 11.8 Å². The van der Waals surface area contributed by atoms with Crippen LogP contribution < -0.4 is 20.1 Å². The summed E-state index contributed by atoms with van der Waals surface area (Å²) < 4.78 is 15.9. The molecule has 1 aliphatic rings. The molecule has 0 radical (unpaired) electrons. The number of benzene rings is 1. The SMILES string of the molecule is COc1cc(OC)nc(NC(=S)NCC2(c3cccc(Cl)c3)CCOCC2)n1. The van der Waals surface area contributed by atoms with Gasteiger partial charge in [0.2, 0.25) is 17.7 Å². The van der Waals surface area contributed by atoms with Gasteiger partial charge in [0.15, 0.2) is 5.11 Å². The Morgan fingerprint density at radius 2 is 1.86 bits per heavy atom. The summed E-state index contributed by atoms with van der Waals surface area (Å²) in [6.07, 6.45) is 1.76. The van der Waals surface area contributed by atoms with Crippen molar-refractivity contribution in [3.05, 3.63) is 40.9 Å². The highest BCUT2D eigenvalue weighted by molar-refractivity contribution is 7.80. The summed E-state index contributed by atoms with van der Waals surface area (Å²) in [4.78, 5) is 8.46. The Labute approximate surface area is 174 Å². The molecule has 2 aromatic rings. The topological polar surface area (TPSA) is 77.5 Å². The highest BCUT2D eigenvalue weighted by Gasteiger charge is 2.34. The molecule has 0 saturated carbocycles. The van der Waals surface area contributed by atoms with Crippen molar-refractivity contribution in [3.8, 4) is 11.8 Å². The zero-order chi connectivity index (χ0) is 20.0. The predicted molar refractivity (Wildman–Crippen MR) is 113 cm³/mol. The maximum absolute atomic E-state index is 6.22. The molecule has 1 aliphatic heterocycles. The Morgan fingerprint density at radius 1 is 1.18 bits per heavy atom. The maximum atomic E-state index is 6.22. The average Bonchev–Trinajstić information content (AvgIpc) is 2.72. The van der Waals surface area contributed by atoms with Gasteiger partial charge >= 0.3 is 0 Å². The van der Waals surface area contributed by atoms with Gasteiger partial charge in [0.25, 0.3) is 0 Å². The normalized spacial score (nSPS) is 15.5. The van der Waals surface area contributed by atoms with Gasteiger partial charge in [-0.15, -0.1) is 0 Å². The smallest absolute Gasteiger partial charge is 0.235 e. The lowest BCUT2D eigenvalue weighted by atomic mass is 9.74. The number of nitrogens with zero attached hydrogens (tertiary/aromatic N) is 2. The van der Waals surface area contributed by atoms with Gasteiger partial charge in [-0.25, -0.2) is 0 Å². The van der Waals surface area contributed by atoms with E-state index >= 15 is 0 Å². The van der Waals surface area contributed by atoms with E-state index in [-0.39, 0.29) is 5.41 Å². The van der Waals surface area contributed by atoms with Crippen LogP contribution in [0.2, 0.25) is 5.02 Å². The largest absolute Gasteiger partial charge is 0.481 e. The molecule has 3 rings (SSSR count). The monoisotopic (exact) mass is 422 g/mol. The first-order valence-corrected chi connectivity index (χ1v) is 9.69. The quantitative estimate of drug-likeness (QED) is 0.687. The summed E-state index contributed by atoms with van der Waals surface area (Å²) >= 11 is 11.7. The van der Waals surface area contributed by atoms with Crippen molar-refractivity contribution in [2.45, 2.75) is 18.3 Å². The second-order valence-corrected chi connectivity index (χ2v) is 7.33. The molecule has 1 saturated heterocycles. The molecule has 150 valence electrons. The number of methoxy groups -OCH3 is 2. The van der Waals surface area contributed by atoms with Crippen molar-refractivity contribution >= 4 is 34.9 Å².